The second kappa shape index (κ2) is 6.43. The highest BCUT2D eigenvalue weighted by molar-refractivity contribution is 5.95. The molecule has 0 atom stereocenters. The van der Waals surface area contributed by atoms with Crippen molar-refractivity contribution in [3.05, 3.63) is 81.9 Å². The van der Waals surface area contributed by atoms with E-state index in [1.54, 1.807) is 18.2 Å². The lowest BCUT2D eigenvalue weighted by atomic mass is 10.1. The Hall–Kier alpha value is -2.75. The van der Waals surface area contributed by atoms with Gasteiger partial charge in [-0.15, -0.1) is 0 Å². The lowest BCUT2D eigenvalue weighted by Gasteiger charge is -1.97. The van der Waals surface area contributed by atoms with E-state index in [0.717, 1.165) is 11.1 Å². The van der Waals surface area contributed by atoms with Crippen LogP contribution < -0.4 is 0 Å². The second-order valence-corrected chi connectivity index (χ2v) is 4.31. The fraction of sp³-hybridized carbons (Fsp3) is 0.0625. The average molecular weight is 267 g/mol. The summed E-state index contributed by atoms with van der Waals surface area (Å²) in [5.41, 5.74) is 1.76. The normalized spacial score (nSPS) is 10.6. The Morgan fingerprint density at radius 1 is 1.05 bits per heavy atom. The highest BCUT2D eigenvalue weighted by atomic mass is 16.6. The Morgan fingerprint density at radius 3 is 2.30 bits per heavy atom. The van der Waals surface area contributed by atoms with E-state index in [-0.39, 0.29) is 11.5 Å². The topological polar surface area (TPSA) is 60.2 Å². The molecule has 0 spiro atoms. The third-order valence-electron chi connectivity index (χ3n) is 2.79. The summed E-state index contributed by atoms with van der Waals surface area (Å²) in [5, 5.41) is 10.5. The molecule has 0 fully saturated rings. The van der Waals surface area contributed by atoms with Gasteiger partial charge in [0.25, 0.3) is 5.69 Å². The first-order valence-corrected chi connectivity index (χ1v) is 6.14. The van der Waals surface area contributed by atoms with Gasteiger partial charge in [-0.2, -0.15) is 0 Å². The molecule has 0 aliphatic rings. The van der Waals surface area contributed by atoms with Gasteiger partial charge in [-0.25, -0.2) is 0 Å². The van der Waals surface area contributed by atoms with Crippen LogP contribution in [0.4, 0.5) is 5.69 Å². The number of nitro groups is 1. The van der Waals surface area contributed by atoms with Gasteiger partial charge in [0, 0.05) is 18.6 Å². The van der Waals surface area contributed by atoms with Gasteiger partial charge in [0.1, 0.15) is 0 Å². The number of nitro benzene ring substituents is 1. The molecular weight excluding hydrogens is 254 g/mol. The summed E-state index contributed by atoms with van der Waals surface area (Å²) in [7, 11) is 0. The number of nitrogens with zero attached hydrogens (tertiary/aromatic N) is 1. The quantitative estimate of drug-likeness (QED) is 0.473. The van der Waals surface area contributed by atoms with E-state index in [4.69, 9.17) is 0 Å². The SMILES string of the molecule is O=C(C=Cc1ccc([N+](=O)[O-])cc1)Cc1ccccc1. The molecule has 0 aliphatic carbocycles. The van der Waals surface area contributed by atoms with Crippen LogP contribution in [0.15, 0.2) is 60.7 Å². The molecule has 20 heavy (non-hydrogen) atoms. The first kappa shape index (κ1) is 13.7. The van der Waals surface area contributed by atoms with Crippen LogP contribution >= 0.6 is 0 Å². The van der Waals surface area contributed by atoms with E-state index in [9.17, 15) is 14.9 Å². The van der Waals surface area contributed by atoms with Crippen LogP contribution in [0.3, 0.4) is 0 Å². The van der Waals surface area contributed by atoms with E-state index in [1.807, 2.05) is 30.3 Å². The van der Waals surface area contributed by atoms with Crippen LogP contribution in [-0.2, 0) is 11.2 Å². The maximum absolute atomic E-state index is 11.8. The highest BCUT2D eigenvalue weighted by Gasteiger charge is 2.03. The molecular formula is C16H13NO3. The van der Waals surface area contributed by atoms with Crippen LogP contribution in [0.1, 0.15) is 11.1 Å². The third kappa shape index (κ3) is 3.88. The molecule has 2 aromatic rings. The molecule has 0 aliphatic heterocycles. The minimum absolute atomic E-state index is 0.00504. The molecule has 0 bridgehead atoms. The molecule has 0 saturated heterocycles. The Kier molecular flexibility index (Phi) is 4.39. The Bertz CT molecular complexity index is 631. The van der Waals surface area contributed by atoms with E-state index in [1.165, 1.54) is 18.2 Å². The molecule has 2 aromatic carbocycles. The van der Waals surface area contributed by atoms with E-state index in [0.29, 0.717) is 6.42 Å². The number of carbonyl (C=O) groups excluding carboxylic acids is 1. The fourth-order valence-corrected chi connectivity index (χ4v) is 1.75. The van der Waals surface area contributed by atoms with Gasteiger partial charge in [-0.05, 0) is 29.3 Å². The van der Waals surface area contributed by atoms with Crippen molar-refractivity contribution in [1.29, 1.82) is 0 Å². The van der Waals surface area contributed by atoms with Crippen molar-refractivity contribution in [1.82, 2.24) is 0 Å². The standard InChI is InChI=1S/C16H13NO3/c18-16(12-14-4-2-1-3-5-14)11-8-13-6-9-15(10-7-13)17(19)20/h1-11H,12H2. The summed E-state index contributed by atoms with van der Waals surface area (Å²) in [6.45, 7) is 0. The van der Waals surface area contributed by atoms with Crippen molar-refractivity contribution in [3.8, 4) is 0 Å². The lowest BCUT2D eigenvalue weighted by molar-refractivity contribution is -0.384. The van der Waals surface area contributed by atoms with Gasteiger partial charge < -0.3 is 0 Å². The molecule has 0 amide bonds. The smallest absolute Gasteiger partial charge is 0.269 e. The van der Waals surface area contributed by atoms with Crippen molar-refractivity contribution < 1.29 is 9.72 Å². The van der Waals surface area contributed by atoms with Crippen LogP contribution in [0.25, 0.3) is 6.08 Å². The number of rotatable bonds is 5. The third-order valence-corrected chi connectivity index (χ3v) is 2.79. The highest BCUT2D eigenvalue weighted by Crippen LogP contribution is 2.13. The lowest BCUT2D eigenvalue weighted by Crippen LogP contribution is -1.97. The van der Waals surface area contributed by atoms with Crippen LogP contribution in [0.2, 0.25) is 0 Å². The number of allylic oxidation sites excluding steroid dienone is 1. The van der Waals surface area contributed by atoms with Crippen molar-refractivity contribution in [2.24, 2.45) is 0 Å². The molecule has 0 heterocycles. The molecule has 0 saturated carbocycles. The number of ketones is 1. The zero-order chi connectivity index (χ0) is 14.4. The maximum atomic E-state index is 11.8. The molecule has 0 radical (unpaired) electrons. The number of non-ortho nitro benzene ring substituents is 1. The minimum Gasteiger partial charge on any atom is -0.294 e. The first-order chi connectivity index (χ1) is 9.65. The largest absolute Gasteiger partial charge is 0.294 e. The monoisotopic (exact) mass is 267 g/mol. The molecule has 0 N–H and O–H groups in total. The van der Waals surface area contributed by atoms with Gasteiger partial charge in [-0.1, -0.05) is 36.4 Å². The molecule has 100 valence electrons. The van der Waals surface area contributed by atoms with Crippen molar-refractivity contribution in [3.63, 3.8) is 0 Å². The number of hydrogen-bond acceptors (Lipinski definition) is 3. The van der Waals surface area contributed by atoms with Gasteiger partial charge >= 0.3 is 0 Å². The summed E-state index contributed by atoms with van der Waals surface area (Å²) < 4.78 is 0. The van der Waals surface area contributed by atoms with Crippen molar-refractivity contribution in [2.45, 2.75) is 6.42 Å². The molecule has 2 rings (SSSR count). The van der Waals surface area contributed by atoms with Crippen LogP contribution in [0.5, 0.6) is 0 Å². The zero-order valence-corrected chi connectivity index (χ0v) is 10.7. The predicted molar refractivity (Wildman–Crippen MR) is 77.3 cm³/mol. The number of hydrogen-bond donors (Lipinski definition) is 0. The number of benzene rings is 2. The minimum atomic E-state index is -0.450. The molecule has 4 heteroatoms. The Morgan fingerprint density at radius 2 is 1.70 bits per heavy atom. The first-order valence-electron chi connectivity index (χ1n) is 6.14. The van der Waals surface area contributed by atoms with Crippen molar-refractivity contribution >= 4 is 17.5 Å². The summed E-state index contributed by atoms with van der Waals surface area (Å²) in [6, 6.07) is 15.6. The zero-order valence-electron chi connectivity index (χ0n) is 10.7. The van der Waals surface area contributed by atoms with Crippen LogP contribution in [0, 0.1) is 10.1 Å². The second-order valence-electron chi connectivity index (χ2n) is 4.31. The summed E-state index contributed by atoms with van der Waals surface area (Å²) in [6.07, 6.45) is 3.51. The summed E-state index contributed by atoms with van der Waals surface area (Å²) >= 11 is 0. The van der Waals surface area contributed by atoms with E-state index >= 15 is 0 Å². The molecule has 0 aromatic heterocycles. The fourth-order valence-electron chi connectivity index (χ4n) is 1.75. The van der Waals surface area contributed by atoms with Crippen molar-refractivity contribution in [2.75, 3.05) is 0 Å². The summed E-state index contributed by atoms with van der Waals surface area (Å²) in [4.78, 5) is 21.8. The average Bonchev–Trinajstić information content (AvgIpc) is 2.46. The van der Waals surface area contributed by atoms with Gasteiger partial charge in [0.2, 0.25) is 0 Å². The van der Waals surface area contributed by atoms with Gasteiger partial charge in [0.05, 0.1) is 4.92 Å². The summed E-state index contributed by atoms with van der Waals surface area (Å²) in [5.74, 6) is -0.00504. The predicted octanol–water partition coefficient (Wildman–Crippen LogP) is 3.42. The molecule has 4 nitrogen and oxygen atoms in total. The maximum Gasteiger partial charge on any atom is 0.269 e. The van der Waals surface area contributed by atoms with Gasteiger partial charge in [-0.3, -0.25) is 14.9 Å². The number of carbonyl (C=O) groups is 1. The molecule has 0 unspecified atom stereocenters. The van der Waals surface area contributed by atoms with E-state index in [2.05, 4.69) is 0 Å². The Labute approximate surface area is 116 Å². The Balaban J connectivity index is 1.98. The van der Waals surface area contributed by atoms with Crippen LogP contribution in [-0.4, -0.2) is 10.7 Å². The van der Waals surface area contributed by atoms with E-state index < -0.39 is 4.92 Å². The van der Waals surface area contributed by atoms with Gasteiger partial charge in [0.15, 0.2) is 5.78 Å².